The number of hydrogen-bond acceptors (Lipinski definition) is 2. The molecule has 1 aliphatic heterocycles. The van der Waals surface area contributed by atoms with Gasteiger partial charge in [-0.2, -0.15) is 0 Å². The summed E-state index contributed by atoms with van der Waals surface area (Å²) in [5, 5.41) is 3.75. The molecule has 1 aromatic rings. The zero-order valence-electron chi connectivity index (χ0n) is 12.5. The fourth-order valence-electron chi connectivity index (χ4n) is 3.62. The molecule has 0 bridgehead atoms. The van der Waals surface area contributed by atoms with Gasteiger partial charge in [0, 0.05) is 18.6 Å². The van der Waals surface area contributed by atoms with Crippen LogP contribution in [-0.4, -0.2) is 25.8 Å². The van der Waals surface area contributed by atoms with Crippen LogP contribution in [0, 0.1) is 17.2 Å². The van der Waals surface area contributed by atoms with E-state index in [4.69, 9.17) is 16.3 Å². The van der Waals surface area contributed by atoms with Crippen molar-refractivity contribution in [3.05, 3.63) is 34.6 Å². The van der Waals surface area contributed by atoms with Crippen LogP contribution in [0.3, 0.4) is 0 Å². The highest BCUT2D eigenvalue weighted by atomic mass is 35.5. The number of hydrogen-bond donors (Lipinski definition) is 1. The Kier molecular flexibility index (Phi) is 4.53. The Morgan fingerprint density at radius 1 is 1.43 bits per heavy atom. The van der Waals surface area contributed by atoms with E-state index in [0.717, 1.165) is 38.1 Å². The monoisotopic (exact) mass is 311 g/mol. The SMILES string of the molecule is CCNCC1(Cc2cccc(F)c2Cl)CCOC1C1CC1. The minimum absolute atomic E-state index is 0.0502. The molecule has 3 rings (SSSR count). The second-order valence-corrected chi connectivity index (χ2v) is 6.79. The third kappa shape index (κ3) is 3.10. The van der Waals surface area contributed by atoms with Crippen molar-refractivity contribution in [3.63, 3.8) is 0 Å². The molecule has 2 unspecified atom stereocenters. The lowest BCUT2D eigenvalue weighted by Gasteiger charge is -2.35. The maximum absolute atomic E-state index is 13.7. The number of rotatable bonds is 6. The summed E-state index contributed by atoms with van der Waals surface area (Å²) >= 11 is 6.17. The van der Waals surface area contributed by atoms with Gasteiger partial charge in [0.25, 0.3) is 0 Å². The van der Waals surface area contributed by atoms with Crippen LogP contribution < -0.4 is 5.32 Å². The molecule has 1 N–H and O–H groups in total. The highest BCUT2D eigenvalue weighted by Crippen LogP contribution is 2.49. The van der Waals surface area contributed by atoms with E-state index in [-0.39, 0.29) is 22.4 Å². The Labute approximate surface area is 131 Å². The normalized spacial score (nSPS) is 29.0. The summed E-state index contributed by atoms with van der Waals surface area (Å²) in [5.74, 6) is 0.355. The lowest BCUT2D eigenvalue weighted by molar-refractivity contribution is 0.0308. The molecule has 1 aliphatic carbocycles. The summed E-state index contributed by atoms with van der Waals surface area (Å²) < 4.78 is 19.8. The van der Waals surface area contributed by atoms with Crippen LogP contribution in [0.25, 0.3) is 0 Å². The quantitative estimate of drug-likeness (QED) is 0.862. The van der Waals surface area contributed by atoms with Gasteiger partial charge >= 0.3 is 0 Å². The molecule has 0 aromatic heterocycles. The standard InChI is InChI=1S/C17H23ClFNO/c1-2-20-11-17(8-9-21-16(17)12-6-7-12)10-13-4-3-5-14(19)15(13)18/h3-5,12,16,20H,2,6-11H2,1H3. The summed E-state index contributed by atoms with van der Waals surface area (Å²) in [5.41, 5.74) is 0.958. The van der Waals surface area contributed by atoms with E-state index in [0.29, 0.717) is 5.92 Å². The summed E-state index contributed by atoms with van der Waals surface area (Å²) in [6.07, 6.45) is 4.62. The molecule has 116 valence electrons. The van der Waals surface area contributed by atoms with Gasteiger partial charge in [-0.1, -0.05) is 30.7 Å². The first-order valence-corrected chi connectivity index (χ1v) is 8.29. The second kappa shape index (κ2) is 6.23. The van der Waals surface area contributed by atoms with Gasteiger partial charge in [0.1, 0.15) is 5.82 Å². The van der Waals surface area contributed by atoms with Gasteiger partial charge in [0.15, 0.2) is 0 Å². The molecule has 4 heteroatoms. The van der Waals surface area contributed by atoms with E-state index in [1.807, 2.05) is 6.07 Å². The topological polar surface area (TPSA) is 21.3 Å². The van der Waals surface area contributed by atoms with E-state index >= 15 is 0 Å². The number of benzene rings is 1. The third-order valence-corrected chi connectivity index (χ3v) is 5.28. The molecule has 2 nitrogen and oxygen atoms in total. The van der Waals surface area contributed by atoms with E-state index in [2.05, 4.69) is 12.2 Å². The lowest BCUT2D eigenvalue weighted by Crippen LogP contribution is -2.43. The molecule has 0 amide bonds. The maximum atomic E-state index is 13.7. The maximum Gasteiger partial charge on any atom is 0.142 e. The van der Waals surface area contributed by atoms with Crippen LogP contribution in [0.15, 0.2) is 18.2 Å². The minimum Gasteiger partial charge on any atom is -0.377 e. The highest BCUT2D eigenvalue weighted by molar-refractivity contribution is 6.31. The van der Waals surface area contributed by atoms with Crippen LogP contribution in [0.5, 0.6) is 0 Å². The predicted octanol–water partition coefficient (Wildman–Crippen LogP) is 3.82. The van der Waals surface area contributed by atoms with Gasteiger partial charge in [0.05, 0.1) is 11.1 Å². The van der Waals surface area contributed by atoms with Crippen LogP contribution in [-0.2, 0) is 11.2 Å². The summed E-state index contributed by atoms with van der Waals surface area (Å²) in [6.45, 7) is 4.78. The van der Waals surface area contributed by atoms with Gasteiger partial charge in [-0.3, -0.25) is 0 Å². The van der Waals surface area contributed by atoms with Crippen LogP contribution in [0.1, 0.15) is 31.7 Å². The summed E-state index contributed by atoms with van der Waals surface area (Å²) in [7, 11) is 0. The average Bonchev–Trinajstić information content (AvgIpc) is 3.24. The Balaban J connectivity index is 1.86. The van der Waals surface area contributed by atoms with Gasteiger partial charge < -0.3 is 10.1 Å². The van der Waals surface area contributed by atoms with Crippen molar-refractivity contribution in [2.24, 2.45) is 11.3 Å². The molecule has 1 saturated carbocycles. The molecule has 2 aliphatic rings. The van der Waals surface area contributed by atoms with Gasteiger partial charge in [-0.25, -0.2) is 4.39 Å². The second-order valence-electron chi connectivity index (χ2n) is 6.41. The number of halogens is 2. The first-order valence-electron chi connectivity index (χ1n) is 7.91. The Morgan fingerprint density at radius 2 is 2.24 bits per heavy atom. The van der Waals surface area contributed by atoms with Crippen molar-refractivity contribution in [3.8, 4) is 0 Å². The van der Waals surface area contributed by atoms with Gasteiger partial charge in [-0.15, -0.1) is 0 Å². The molecule has 1 aromatic carbocycles. The van der Waals surface area contributed by atoms with E-state index in [1.165, 1.54) is 18.9 Å². The van der Waals surface area contributed by atoms with Crippen molar-refractivity contribution < 1.29 is 9.13 Å². The van der Waals surface area contributed by atoms with Crippen LogP contribution >= 0.6 is 11.6 Å². The molecule has 2 atom stereocenters. The smallest absolute Gasteiger partial charge is 0.142 e. The molecule has 2 fully saturated rings. The molecule has 21 heavy (non-hydrogen) atoms. The Bertz CT molecular complexity index is 506. The first kappa shape index (κ1) is 15.3. The minimum atomic E-state index is -0.324. The third-order valence-electron chi connectivity index (χ3n) is 4.85. The van der Waals surface area contributed by atoms with Crippen molar-refractivity contribution in [2.45, 2.75) is 38.7 Å². The van der Waals surface area contributed by atoms with Gasteiger partial charge in [0.2, 0.25) is 0 Å². The van der Waals surface area contributed by atoms with Crippen molar-refractivity contribution in [1.82, 2.24) is 5.32 Å². The molecular weight excluding hydrogens is 289 g/mol. The lowest BCUT2D eigenvalue weighted by atomic mass is 9.74. The van der Waals surface area contributed by atoms with Gasteiger partial charge in [-0.05, 0) is 49.8 Å². The van der Waals surface area contributed by atoms with E-state index in [9.17, 15) is 4.39 Å². The fourth-order valence-corrected chi connectivity index (χ4v) is 3.81. The number of nitrogens with one attached hydrogen (secondary N) is 1. The Hall–Kier alpha value is -0.640. The van der Waals surface area contributed by atoms with E-state index < -0.39 is 0 Å². The molecule has 0 spiro atoms. The molecule has 1 heterocycles. The summed E-state index contributed by atoms with van der Waals surface area (Å²) in [6, 6.07) is 5.12. The van der Waals surface area contributed by atoms with Crippen molar-refractivity contribution in [1.29, 1.82) is 0 Å². The number of ether oxygens (including phenoxy) is 1. The first-order chi connectivity index (χ1) is 10.2. The van der Waals surface area contributed by atoms with Crippen LogP contribution in [0.4, 0.5) is 4.39 Å². The van der Waals surface area contributed by atoms with E-state index in [1.54, 1.807) is 6.07 Å². The van der Waals surface area contributed by atoms with Crippen molar-refractivity contribution >= 4 is 11.6 Å². The zero-order chi connectivity index (χ0) is 14.9. The Morgan fingerprint density at radius 3 is 2.95 bits per heavy atom. The zero-order valence-corrected chi connectivity index (χ0v) is 13.3. The molecule has 0 radical (unpaired) electrons. The van der Waals surface area contributed by atoms with Crippen molar-refractivity contribution in [2.75, 3.05) is 19.7 Å². The summed E-state index contributed by atoms with van der Waals surface area (Å²) in [4.78, 5) is 0. The largest absolute Gasteiger partial charge is 0.377 e. The average molecular weight is 312 g/mol. The fraction of sp³-hybridized carbons (Fsp3) is 0.647. The highest BCUT2D eigenvalue weighted by Gasteiger charge is 2.50. The predicted molar refractivity (Wildman–Crippen MR) is 83.2 cm³/mol. The molecular formula is C17H23ClFNO. The van der Waals surface area contributed by atoms with Crippen LogP contribution in [0.2, 0.25) is 5.02 Å². The molecule has 1 saturated heterocycles.